The molecule has 9 heteroatoms. The number of nitrogens with one attached hydrogen (secondary N) is 2. The van der Waals surface area contributed by atoms with Crippen molar-refractivity contribution < 1.29 is 34.1 Å². The van der Waals surface area contributed by atoms with Crippen LogP contribution < -0.4 is 10.6 Å². The Bertz CT molecular complexity index is 1150. The van der Waals surface area contributed by atoms with Crippen molar-refractivity contribution in [1.29, 1.82) is 0 Å². The Hall–Kier alpha value is -4.37. The number of aromatic hydroxyl groups is 1. The van der Waals surface area contributed by atoms with Gasteiger partial charge in [-0.25, -0.2) is 9.59 Å². The molecular formula is C28H30N2O7. The molecule has 0 fully saturated rings. The Morgan fingerprint density at radius 1 is 0.757 bits per heavy atom. The van der Waals surface area contributed by atoms with E-state index in [0.717, 1.165) is 11.1 Å². The summed E-state index contributed by atoms with van der Waals surface area (Å²) in [6.45, 7) is 1.33. The van der Waals surface area contributed by atoms with E-state index in [4.69, 9.17) is 9.47 Å². The first kappa shape index (κ1) is 27.2. The molecule has 0 bridgehead atoms. The molecule has 0 spiro atoms. The standard InChI is InChI=1S/C28H30N2O7/c1-19(31)25(30-28(35)37-18-22-10-6-3-7-11-22)26(33)29-24(16-20-12-14-23(32)15-13-20)27(34)36-17-21-8-4-2-5-9-21/h2-15,19,24-25,31-32H,16-18H2,1H3,(H,29,33)(H,30,35)/t19-,24-,25-/m0/s1. The van der Waals surface area contributed by atoms with Crippen LogP contribution in [0.4, 0.5) is 4.79 Å². The van der Waals surface area contributed by atoms with Gasteiger partial charge in [-0.05, 0) is 35.7 Å². The predicted molar refractivity (Wildman–Crippen MR) is 135 cm³/mol. The maximum Gasteiger partial charge on any atom is 0.408 e. The molecule has 194 valence electrons. The van der Waals surface area contributed by atoms with Gasteiger partial charge >= 0.3 is 12.1 Å². The fourth-order valence-corrected chi connectivity index (χ4v) is 3.45. The number of ether oxygens (including phenoxy) is 2. The number of carbonyl (C=O) groups is 3. The summed E-state index contributed by atoms with van der Waals surface area (Å²) in [5.74, 6) is -1.42. The van der Waals surface area contributed by atoms with Crippen LogP contribution in [0.2, 0.25) is 0 Å². The van der Waals surface area contributed by atoms with E-state index in [1.54, 1.807) is 48.5 Å². The zero-order valence-electron chi connectivity index (χ0n) is 20.4. The van der Waals surface area contributed by atoms with Gasteiger partial charge in [0, 0.05) is 6.42 Å². The zero-order valence-corrected chi connectivity index (χ0v) is 20.4. The number of carbonyl (C=O) groups excluding carboxylic acids is 3. The number of benzene rings is 3. The fourth-order valence-electron chi connectivity index (χ4n) is 3.45. The Balaban J connectivity index is 1.66. The minimum Gasteiger partial charge on any atom is -0.508 e. The van der Waals surface area contributed by atoms with Gasteiger partial charge < -0.3 is 30.3 Å². The second-order valence-electron chi connectivity index (χ2n) is 8.45. The third-order valence-corrected chi connectivity index (χ3v) is 5.45. The second kappa shape index (κ2) is 13.6. The molecule has 3 rings (SSSR count). The molecule has 0 aliphatic carbocycles. The minimum atomic E-state index is -1.38. The molecule has 37 heavy (non-hydrogen) atoms. The van der Waals surface area contributed by atoms with Crippen molar-refractivity contribution in [3.63, 3.8) is 0 Å². The highest BCUT2D eigenvalue weighted by Crippen LogP contribution is 2.13. The zero-order chi connectivity index (χ0) is 26.6. The summed E-state index contributed by atoms with van der Waals surface area (Å²) in [5.41, 5.74) is 2.18. The molecule has 4 N–H and O–H groups in total. The van der Waals surface area contributed by atoms with Crippen LogP contribution in [0.5, 0.6) is 5.75 Å². The van der Waals surface area contributed by atoms with Gasteiger partial charge in [0.25, 0.3) is 0 Å². The lowest BCUT2D eigenvalue weighted by Gasteiger charge is -2.24. The van der Waals surface area contributed by atoms with Crippen LogP contribution in [0, 0.1) is 0 Å². The second-order valence-corrected chi connectivity index (χ2v) is 8.45. The lowest BCUT2D eigenvalue weighted by molar-refractivity contribution is -0.149. The molecule has 0 unspecified atom stereocenters. The van der Waals surface area contributed by atoms with Gasteiger partial charge in [-0.3, -0.25) is 4.79 Å². The first-order valence-corrected chi connectivity index (χ1v) is 11.8. The number of aliphatic hydroxyl groups is 1. The third-order valence-electron chi connectivity index (χ3n) is 5.45. The number of hydrogen-bond donors (Lipinski definition) is 4. The number of esters is 1. The highest BCUT2D eigenvalue weighted by Gasteiger charge is 2.31. The summed E-state index contributed by atoms with van der Waals surface area (Å²) in [6, 6.07) is 21.7. The van der Waals surface area contributed by atoms with E-state index in [9.17, 15) is 24.6 Å². The van der Waals surface area contributed by atoms with Gasteiger partial charge in [0.2, 0.25) is 5.91 Å². The molecule has 3 aromatic carbocycles. The van der Waals surface area contributed by atoms with Gasteiger partial charge in [-0.1, -0.05) is 72.8 Å². The summed E-state index contributed by atoms with van der Waals surface area (Å²) >= 11 is 0. The smallest absolute Gasteiger partial charge is 0.408 e. The van der Waals surface area contributed by atoms with Crippen LogP contribution >= 0.6 is 0 Å². The minimum absolute atomic E-state index is 0.00547. The molecule has 9 nitrogen and oxygen atoms in total. The topological polar surface area (TPSA) is 134 Å². The van der Waals surface area contributed by atoms with E-state index >= 15 is 0 Å². The molecule has 0 radical (unpaired) electrons. The van der Waals surface area contributed by atoms with Crippen molar-refractivity contribution in [1.82, 2.24) is 10.6 Å². The van der Waals surface area contributed by atoms with Crippen molar-refractivity contribution >= 4 is 18.0 Å². The summed E-state index contributed by atoms with van der Waals surface area (Å²) < 4.78 is 10.6. The highest BCUT2D eigenvalue weighted by molar-refractivity contribution is 5.90. The number of aliphatic hydroxyl groups excluding tert-OH is 1. The molecule has 0 saturated carbocycles. The number of phenols is 1. The predicted octanol–water partition coefficient (Wildman–Crippen LogP) is 2.84. The Labute approximate surface area is 215 Å². The van der Waals surface area contributed by atoms with Crippen molar-refractivity contribution in [2.45, 2.75) is 44.7 Å². The third kappa shape index (κ3) is 8.97. The molecule has 0 aliphatic heterocycles. The number of rotatable bonds is 11. The van der Waals surface area contributed by atoms with Crippen LogP contribution in [0.15, 0.2) is 84.9 Å². The van der Waals surface area contributed by atoms with Crippen LogP contribution in [-0.2, 0) is 38.7 Å². The molecular weight excluding hydrogens is 476 g/mol. The number of hydrogen-bond acceptors (Lipinski definition) is 7. The van der Waals surface area contributed by atoms with Gasteiger partial charge in [0.15, 0.2) is 0 Å². The maximum atomic E-state index is 13.0. The largest absolute Gasteiger partial charge is 0.508 e. The summed E-state index contributed by atoms with van der Waals surface area (Å²) in [4.78, 5) is 38.3. The summed E-state index contributed by atoms with van der Waals surface area (Å²) in [5, 5.41) is 24.6. The van der Waals surface area contributed by atoms with Crippen LogP contribution in [0.25, 0.3) is 0 Å². The molecule has 0 aliphatic rings. The van der Waals surface area contributed by atoms with Crippen LogP contribution in [-0.4, -0.2) is 46.4 Å². The lowest BCUT2D eigenvalue weighted by atomic mass is 10.0. The molecule has 0 aromatic heterocycles. The van der Waals surface area contributed by atoms with E-state index in [2.05, 4.69) is 10.6 Å². The van der Waals surface area contributed by atoms with E-state index in [1.807, 2.05) is 24.3 Å². The molecule has 3 aromatic rings. The Morgan fingerprint density at radius 2 is 1.30 bits per heavy atom. The Morgan fingerprint density at radius 3 is 1.84 bits per heavy atom. The van der Waals surface area contributed by atoms with Crippen LogP contribution in [0.3, 0.4) is 0 Å². The van der Waals surface area contributed by atoms with Crippen molar-refractivity contribution in [2.24, 2.45) is 0 Å². The van der Waals surface area contributed by atoms with E-state index in [-0.39, 0.29) is 25.4 Å². The quantitative estimate of drug-likeness (QED) is 0.294. The number of alkyl carbamates (subject to hydrolysis) is 1. The van der Waals surface area contributed by atoms with Gasteiger partial charge in [0.1, 0.15) is 31.0 Å². The fraction of sp³-hybridized carbons (Fsp3) is 0.250. The average molecular weight is 507 g/mol. The SMILES string of the molecule is C[C@H](O)[C@H](NC(=O)OCc1ccccc1)C(=O)N[C@@H](Cc1ccc(O)cc1)C(=O)OCc1ccccc1. The normalized spacial score (nSPS) is 13.0. The summed E-state index contributed by atoms with van der Waals surface area (Å²) in [7, 11) is 0. The highest BCUT2D eigenvalue weighted by atomic mass is 16.5. The van der Waals surface area contributed by atoms with Crippen molar-refractivity contribution in [2.75, 3.05) is 0 Å². The molecule has 0 saturated heterocycles. The van der Waals surface area contributed by atoms with Gasteiger partial charge in [-0.15, -0.1) is 0 Å². The molecule has 2 amide bonds. The van der Waals surface area contributed by atoms with Gasteiger partial charge in [0.05, 0.1) is 6.10 Å². The van der Waals surface area contributed by atoms with Gasteiger partial charge in [-0.2, -0.15) is 0 Å². The number of phenolic OH excluding ortho intramolecular Hbond substituents is 1. The Kier molecular flexibility index (Phi) is 10.0. The van der Waals surface area contributed by atoms with E-state index in [1.165, 1.54) is 19.1 Å². The molecule has 3 atom stereocenters. The average Bonchev–Trinajstić information content (AvgIpc) is 2.91. The van der Waals surface area contributed by atoms with E-state index < -0.39 is 36.2 Å². The maximum absolute atomic E-state index is 13.0. The first-order chi connectivity index (χ1) is 17.8. The van der Waals surface area contributed by atoms with Crippen molar-refractivity contribution in [3.05, 3.63) is 102 Å². The van der Waals surface area contributed by atoms with Crippen LogP contribution in [0.1, 0.15) is 23.6 Å². The molecule has 0 heterocycles. The lowest BCUT2D eigenvalue weighted by Crippen LogP contribution is -2.56. The first-order valence-electron chi connectivity index (χ1n) is 11.8. The summed E-state index contributed by atoms with van der Waals surface area (Å²) in [6.07, 6.45) is -2.12. The monoisotopic (exact) mass is 506 g/mol. The van der Waals surface area contributed by atoms with E-state index in [0.29, 0.717) is 5.56 Å². The van der Waals surface area contributed by atoms with Crippen molar-refractivity contribution in [3.8, 4) is 5.75 Å². The number of amides is 2.